The quantitative estimate of drug-likeness (QED) is 0.828. The number of anilines is 2. The Morgan fingerprint density at radius 1 is 1.18 bits per heavy atom. The number of hydrogen-bond donors (Lipinski definition) is 1. The maximum Gasteiger partial charge on any atom is 0.256 e. The van der Waals surface area contributed by atoms with E-state index in [1.165, 1.54) is 43.0 Å². The van der Waals surface area contributed by atoms with Gasteiger partial charge in [0.25, 0.3) is 5.91 Å². The second-order valence-electron chi connectivity index (χ2n) is 6.86. The third-order valence-corrected chi connectivity index (χ3v) is 6.84. The number of carbonyl (C=O) groups is 2. The molecule has 148 valence electrons. The lowest BCUT2D eigenvalue weighted by molar-refractivity contribution is -0.117. The summed E-state index contributed by atoms with van der Waals surface area (Å²) in [6, 6.07) is 9.96. The van der Waals surface area contributed by atoms with Crippen molar-refractivity contribution in [1.29, 1.82) is 0 Å². The van der Waals surface area contributed by atoms with Crippen LogP contribution in [0, 0.1) is 5.82 Å². The summed E-state index contributed by atoms with van der Waals surface area (Å²) in [5, 5.41) is 1.85. The Morgan fingerprint density at radius 2 is 1.89 bits per heavy atom. The summed E-state index contributed by atoms with van der Waals surface area (Å²) in [6.45, 7) is 3.54. The van der Waals surface area contributed by atoms with Gasteiger partial charge in [-0.3, -0.25) is 9.59 Å². The van der Waals surface area contributed by atoms with Gasteiger partial charge in [-0.05, 0) is 50.6 Å². The molecule has 0 unspecified atom stereocenters. The van der Waals surface area contributed by atoms with Gasteiger partial charge >= 0.3 is 0 Å². The standard InChI is InChI=1S/C20H21FN2O4S/c1-13(2)28(26,27)18-7-4-3-6-15(18)20(25)22-14-9-10-17(16(21)12-14)23-11-5-8-19(23)24/h3-4,6-7,9-10,12-13H,5,8,11H2,1-2H3,(H,22,25). The Hall–Kier alpha value is -2.74. The number of halogens is 1. The highest BCUT2D eigenvalue weighted by Crippen LogP contribution is 2.27. The zero-order chi connectivity index (χ0) is 20.5. The highest BCUT2D eigenvalue weighted by molar-refractivity contribution is 7.92. The molecule has 1 aliphatic heterocycles. The molecule has 0 spiro atoms. The molecule has 1 aliphatic rings. The fourth-order valence-corrected chi connectivity index (χ4v) is 4.30. The van der Waals surface area contributed by atoms with E-state index in [1.807, 2.05) is 0 Å². The maximum atomic E-state index is 14.5. The molecule has 0 radical (unpaired) electrons. The summed E-state index contributed by atoms with van der Waals surface area (Å²) in [4.78, 5) is 25.8. The molecule has 2 aromatic rings. The first-order valence-electron chi connectivity index (χ1n) is 8.96. The van der Waals surface area contributed by atoms with E-state index in [0.29, 0.717) is 19.4 Å². The van der Waals surface area contributed by atoms with Gasteiger partial charge in [0.2, 0.25) is 5.91 Å². The van der Waals surface area contributed by atoms with Gasteiger partial charge in [-0.2, -0.15) is 0 Å². The van der Waals surface area contributed by atoms with Crippen LogP contribution in [0.4, 0.5) is 15.8 Å². The van der Waals surface area contributed by atoms with Gasteiger partial charge in [0.05, 0.1) is 21.4 Å². The Bertz CT molecular complexity index is 1030. The molecule has 6 nitrogen and oxygen atoms in total. The molecular weight excluding hydrogens is 383 g/mol. The van der Waals surface area contributed by atoms with E-state index in [0.717, 1.165) is 6.07 Å². The van der Waals surface area contributed by atoms with Crippen molar-refractivity contribution in [2.24, 2.45) is 0 Å². The summed E-state index contributed by atoms with van der Waals surface area (Å²) in [5.74, 6) is -1.41. The maximum absolute atomic E-state index is 14.5. The van der Waals surface area contributed by atoms with Crippen LogP contribution in [0.25, 0.3) is 0 Å². The molecule has 1 saturated heterocycles. The summed E-state index contributed by atoms with van der Waals surface area (Å²) in [7, 11) is -3.66. The summed E-state index contributed by atoms with van der Waals surface area (Å²) >= 11 is 0. The zero-order valence-electron chi connectivity index (χ0n) is 15.6. The predicted octanol–water partition coefficient (Wildman–Crippen LogP) is 3.39. The number of sulfone groups is 1. The van der Waals surface area contributed by atoms with E-state index in [2.05, 4.69) is 5.32 Å². The molecule has 8 heteroatoms. The molecule has 2 aromatic carbocycles. The molecule has 0 atom stereocenters. The second-order valence-corrected chi connectivity index (χ2v) is 9.33. The minimum Gasteiger partial charge on any atom is -0.322 e. The topological polar surface area (TPSA) is 83.6 Å². The molecule has 0 bridgehead atoms. The van der Waals surface area contributed by atoms with Gasteiger partial charge in [0.1, 0.15) is 5.82 Å². The highest BCUT2D eigenvalue weighted by Gasteiger charge is 2.26. The second kappa shape index (κ2) is 7.71. The third kappa shape index (κ3) is 3.77. The molecule has 28 heavy (non-hydrogen) atoms. The zero-order valence-corrected chi connectivity index (χ0v) is 16.4. The van der Waals surface area contributed by atoms with Gasteiger partial charge in [-0.1, -0.05) is 12.1 Å². The lowest BCUT2D eigenvalue weighted by Crippen LogP contribution is -2.25. The van der Waals surface area contributed by atoms with Crippen molar-refractivity contribution >= 4 is 33.0 Å². The molecule has 0 aliphatic carbocycles. The van der Waals surface area contributed by atoms with Crippen molar-refractivity contribution in [3.05, 3.63) is 53.8 Å². The van der Waals surface area contributed by atoms with Gasteiger partial charge in [0, 0.05) is 18.7 Å². The van der Waals surface area contributed by atoms with Crippen molar-refractivity contribution in [2.45, 2.75) is 36.8 Å². The Morgan fingerprint density at radius 3 is 2.50 bits per heavy atom. The third-order valence-electron chi connectivity index (χ3n) is 4.63. The monoisotopic (exact) mass is 404 g/mol. The summed E-state index contributed by atoms with van der Waals surface area (Å²) in [6.07, 6.45) is 1.07. The number of hydrogen-bond acceptors (Lipinski definition) is 4. The number of nitrogens with zero attached hydrogens (tertiary/aromatic N) is 1. The molecule has 0 aromatic heterocycles. The van der Waals surface area contributed by atoms with Gasteiger partial charge in [-0.25, -0.2) is 12.8 Å². The van der Waals surface area contributed by atoms with Crippen molar-refractivity contribution in [3.8, 4) is 0 Å². The lowest BCUT2D eigenvalue weighted by Gasteiger charge is -2.17. The van der Waals surface area contributed by atoms with E-state index < -0.39 is 26.8 Å². The van der Waals surface area contributed by atoms with Gasteiger partial charge in [0.15, 0.2) is 9.84 Å². The first kappa shape index (κ1) is 20.0. The normalized spacial score (nSPS) is 14.6. The Kier molecular flexibility index (Phi) is 5.51. The van der Waals surface area contributed by atoms with E-state index in [-0.39, 0.29) is 27.7 Å². The molecule has 1 N–H and O–H groups in total. The fraction of sp³-hybridized carbons (Fsp3) is 0.300. The molecule has 1 fully saturated rings. The van der Waals surface area contributed by atoms with Gasteiger partial charge < -0.3 is 10.2 Å². The molecule has 1 heterocycles. The smallest absolute Gasteiger partial charge is 0.256 e. The van der Waals surface area contributed by atoms with Crippen LogP contribution in [0.3, 0.4) is 0 Å². The van der Waals surface area contributed by atoms with Crippen molar-refractivity contribution in [3.63, 3.8) is 0 Å². The SMILES string of the molecule is CC(C)S(=O)(=O)c1ccccc1C(=O)Nc1ccc(N2CCCC2=O)c(F)c1. The van der Waals surface area contributed by atoms with E-state index in [9.17, 15) is 22.4 Å². The average Bonchev–Trinajstić information content (AvgIpc) is 3.07. The van der Waals surface area contributed by atoms with Crippen LogP contribution in [0.2, 0.25) is 0 Å². The van der Waals surface area contributed by atoms with Crippen LogP contribution < -0.4 is 10.2 Å². The minimum atomic E-state index is -3.66. The van der Waals surface area contributed by atoms with E-state index in [1.54, 1.807) is 12.1 Å². The fourth-order valence-electron chi connectivity index (χ4n) is 3.06. The van der Waals surface area contributed by atoms with Crippen LogP contribution in [-0.4, -0.2) is 32.0 Å². The first-order chi connectivity index (χ1) is 13.2. The van der Waals surface area contributed by atoms with Gasteiger partial charge in [-0.15, -0.1) is 0 Å². The van der Waals surface area contributed by atoms with Crippen LogP contribution in [0.15, 0.2) is 47.4 Å². The van der Waals surface area contributed by atoms with Crippen molar-refractivity contribution in [1.82, 2.24) is 0 Å². The summed E-state index contributed by atoms with van der Waals surface area (Å²) in [5.41, 5.74) is 0.341. The highest BCUT2D eigenvalue weighted by atomic mass is 32.2. The predicted molar refractivity (Wildman–Crippen MR) is 105 cm³/mol. The molecular formula is C20H21FN2O4S. The van der Waals surface area contributed by atoms with E-state index >= 15 is 0 Å². The van der Waals surface area contributed by atoms with Crippen molar-refractivity contribution in [2.75, 3.05) is 16.8 Å². The lowest BCUT2D eigenvalue weighted by atomic mass is 10.2. The minimum absolute atomic E-state index is 0.00425. The molecule has 2 amide bonds. The van der Waals surface area contributed by atoms with Crippen LogP contribution >= 0.6 is 0 Å². The largest absolute Gasteiger partial charge is 0.322 e. The first-order valence-corrected chi connectivity index (χ1v) is 10.5. The Labute approximate surface area is 163 Å². The van der Waals surface area contributed by atoms with Crippen LogP contribution in [0.5, 0.6) is 0 Å². The number of benzene rings is 2. The Balaban J connectivity index is 1.87. The number of carbonyl (C=O) groups excluding carboxylic acids is 2. The van der Waals surface area contributed by atoms with Crippen LogP contribution in [0.1, 0.15) is 37.0 Å². The van der Waals surface area contributed by atoms with Crippen molar-refractivity contribution < 1.29 is 22.4 Å². The molecule has 3 rings (SSSR count). The van der Waals surface area contributed by atoms with Crippen LogP contribution in [-0.2, 0) is 14.6 Å². The van der Waals surface area contributed by atoms with E-state index in [4.69, 9.17) is 0 Å². The number of amides is 2. The number of rotatable bonds is 5. The number of nitrogens with one attached hydrogen (secondary N) is 1. The molecule has 0 saturated carbocycles. The summed E-state index contributed by atoms with van der Waals surface area (Å²) < 4.78 is 39.5. The average molecular weight is 404 g/mol.